The van der Waals surface area contributed by atoms with Crippen molar-refractivity contribution in [3.05, 3.63) is 29.8 Å². The maximum atomic E-state index is 12.3. The van der Waals surface area contributed by atoms with Gasteiger partial charge in [0.25, 0.3) is 0 Å². The second-order valence-electron chi connectivity index (χ2n) is 5.08. The zero-order chi connectivity index (χ0) is 15.0. The Bertz CT molecular complexity index is 500. The van der Waals surface area contributed by atoms with Crippen LogP contribution in [0.2, 0.25) is 0 Å². The predicted molar refractivity (Wildman–Crippen MR) is 82.8 cm³/mol. The summed E-state index contributed by atoms with van der Waals surface area (Å²) < 4.78 is 27.4. The van der Waals surface area contributed by atoms with Crippen LogP contribution in [0.5, 0.6) is 0 Å². The van der Waals surface area contributed by atoms with E-state index in [4.69, 9.17) is 5.73 Å². The molecule has 0 spiro atoms. The van der Waals surface area contributed by atoms with Crippen molar-refractivity contribution in [3.8, 4) is 0 Å². The lowest BCUT2D eigenvalue weighted by Gasteiger charge is -2.16. The van der Waals surface area contributed by atoms with Crippen molar-refractivity contribution in [2.45, 2.75) is 51.0 Å². The second-order valence-corrected chi connectivity index (χ2v) is 6.82. The lowest BCUT2D eigenvalue weighted by molar-refractivity contribution is 0.443. The molecule has 0 saturated heterocycles. The maximum absolute atomic E-state index is 12.3. The van der Waals surface area contributed by atoms with E-state index in [0.717, 1.165) is 25.7 Å². The van der Waals surface area contributed by atoms with E-state index in [0.29, 0.717) is 22.9 Å². The molecule has 1 unspecified atom stereocenters. The third kappa shape index (κ3) is 4.89. The molecular formula is C15H26N2O2S. The van der Waals surface area contributed by atoms with Gasteiger partial charge in [-0.1, -0.05) is 51.3 Å². The van der Waals surface area contributed by atoms with Crippen LogP contribution in [0, 0.1) is 5.92 Å². The Hall–Kier alpha value is -0.910. The zero-order valence-corrected chi connectivity index (χ0v) is 13.2. The summed E-state index contributed by atoms with van der Waals surface area (Å²) in [4.78, 5) is 0.299. The molecule has 0 amide bonds. The lowest BCUT2D eigenvalue weighted by atomic mass is 10.00. The van der Waals surface area contributed by atoms with Gasteiger partial charge in [0.2, 0.25) is 10.0 Å². The molecule has 0 aliphatic heterocycles. The smallest absolute Gasteiger partial charge is 0.240 e. The fourth-order valence-corrected chi connectivity index (χ4v) is 3.55. The van der Waals surface area contributed by atoms with Crippen LogP contribution in [0.15, 0.2) is 29.2 Å². The minimum Gasteiger partial charge on any atom is -0.326 e. The van der Waals surface area contributed by atoms with Crippen LogP contribution < -0.4 is 10.5 Å². The lowest BCUT2D eigenvalue weighted by Crippen LogP contribution is -2.30. The number of hydrogen-bond donors (Lipinski definition) is 2. The molecule has 1 atom stereocenters. The van der Waals surface area contributed by atoms with Gasteiger partial charge in [-0.15, -0.1) is 0 Å². The molecule has 0 aromatic heterocycles. The van der Waals surface area contributed by atoms with Gasteiger partial charge in [-0.3, -0.25) is 0 Å². The van der Waals surface area contributed by atoms with Gasteiger partial charge in [0.15, 0.2) is 0 Å². The van der Waals surface area contributed by atoms with Crippen molar-refractivity contribution in [1.82, 2.24) is 4.72 Å². The van der Waals surface area contributed by atoms with Crippen LogP contribution in [-0.4, -0.2) is 15.0 Å². The molecule has 4 nitrogen and oxygen atoms in total. The van der Waals surface area contributed by atoms with E-state index >= 15 is 0 Å². The largest absolute Gasteiger partial charge is 0.326 e. The quantitative estimate of drug-likeness (QED) is 0.736. The molecule has 0 saturated carbocycles. The third-order valence-electron chi connectivity index (χ3n) is 3.59. The van der Waals surface area contributed by atoms with Gasteiger partial charge in [0.1, 0.15) is 0 Å². The minimum atomic E-state index is -3.46. The van der Waals surface area contributed by atoms with Crippen LogP contribution in [0.25, 0.3) is 0 Å². The molecule has 5 heteroatoms. The first-order valence-electron chi connectivity index (χ1n) is 7.32. The van der Waals surface area contributed by atoms with Gasteiger partial charge >= 0.3 is 0 Å². The highest BCUT2D eigenvalue weighted by Gasteiger charge is 2.18. The van der Waals surface area contributed by atoms with Crippen molar-refractivity contribution in [3.63, 3.8) is 0 Å². The first-order chi connectivity index (χ1) is 9.55. The summed E-state index contributed by atoms with van der Waals surface area (Å²) in [7, 11) is -3.46. The normalized spacial score (nSPS) is 13.3. The monoisotopic (exact) mass is 298 g/mol. The summed E-state index contributed by atoms with van der Waals surface area (Å²) in [6, 6.07) is 6.89. The fraction of sp³-hybridized carbons (Fsp3) is 0.600. The Balaban J connectivity index is 2.74. The van der Waals surface area contributed by atoms with E-state index in [9.17, 15) is 8.42 Å². The van der Waals surface area contributed by atoms with E-state index in [1.165, 1.54) is 0 Å². The number of benzene rings is 1. The maximum Gasteiger partial charge on any atom is 0.240 e. The van der Waals surface area contributed by atoms with Crippen LogP contribution in [-0.2, 0) is 16.6 Å². The van der Waals surface area contributed by atoms with E-state index in [-0.39, 0.29) is 6.54 Å². The SMILES string of the molecule is CCCCC(CC)CNS(=O)(=O)c1ccccc1CN. The van der Waals surface area contributed by atoms with Gasteiger partial charge in [-0.25, -0.2) is 13.1 Å². The third-order valence-corrected chi connectivity index (χ3v) is 5.11. The first-order valence-corrected chi connectivity index (χ1v) is 8.81. The number of hydrogen-bond acceptors (Lipinski definition) is 3. The van der Waals surface area contributed by atoms with E-state index in [2.05, 4.69) is 18.6 Å². The second kappa shape index (κ2) is 8.39. The van der Waals surface area contributed by atoms with Crippen molar-refractivity contribution in [2.24, 2.45) is 11.7 Å². The van der Waals surface area contributed by atoms with E-state index in [1.807, 2.05) is 0 Å². The fourth-order valence-electron chi connectivity index (χ4n) is 2.18. The van der Waals surface area contributed by atoms with Crippen LogP contribution in [0.1, 0.15) is 45.1 Å². The van der Waals surface area contributed by atoms with Crippen LogP contribution >= 0.6 is 0 Å². The number of unbranched alkanes of at least 4 members (excludes halogenated alkanes) is 1. The van der Waals surface area contributed by atoms with Crippen molar-refractivity contribution in [2.75, 3.05) is 6.54 Å². The van der Waals surface area contributed by atoms with E-state index in [1.54, 1.807) is 24.3 Å². The molecule has 20 heavy (non-hydrogen) atoms. The molecule has 0 fully saturated rings. The average Bonchev–Trinajstić information content (AvgIpc) is 2.47. The Morgan fingerprint density at radius 2 is 1.95 bits per heavy atom. The highest BCUT2D eigenvalue weighted by Crippen LogP contribution is 2.16. The zero-order valence-electron chi connectivity index (χ0n) is 12.4. The summed E-state index contributed by atoms with van der Waals surface area (Å²) in [5, 5.41) is 0. The molecule has 0 aliphatic carbocycles. The number of nitrogens with one attached hydrogen (secondary N) is 1. The molecule has 3 N–H and O–H groups in total. The van der Waals surface area contributed by atoms with Crippen molar-refractivity contribution in [1.29, 1.82) is 0 Å². The van der Waals surface area contributed by atoms with Gasteiger partial charge < -0.3 is 5.73 Å². The number of sulfonamides is 1. The van der Waals surface area contributed by atoms with Crippen LogP contribution in [0.3, 0.4) is 0 Å². The van der Waals surface area contributed by atoms with Gasteiger partial charge in [-0.05, 0) is 24.0 Å². The number of rotatable bonds is 9. The summed E-state index contributed by atoms with van der Waals surface area (Å²) >= 11 is 0. The van der Waals surface area contributed by atoms with Gasteiger partial charge in [0, 0.05) is 13.1 Å². The summed E-state index contributed by atoms with van der Waals surface area (Å²) in [5.41, 5.74) is 6.26. The average molecular weight is 298 g/mol. The van der Waals surface area contributed by atoms with Gasteiger partial charge in [-0.2, -0.15) is 0 Å². The number of nitrogens with two attached hydrogens (primary N) is 1. The standard InChI is InChI=1S/C15H26N2O2S/c1-3-5-8-13(4-2)12-17-20(18,19)15-10-7-6-9-14(15)11-16/h6-7,9-10,13,17H,3-5,8,11-12,16H2,1-2H3. The minimum absolute atomic E-state index is 0.226. The summed E-state index contributed by atoms with van der Waals surface area (Å²) in [6.45, 7) is 4.97. The highest BCUT2D eigenvalue weighted by atomic mass is 32.2. The van der Waals surface area contributed by atoms with Crippen molar-refractivity contribution >= 4 is 10.0 Å². The van der Waals surface area contributed by atoms with E-state index < -0.39 is 10.0 Å². The molecule has 0 radical (unpaired) electrons. The highest BCUT2D eigenvalue weighted by molar-refractivity contribution is 7.89. The molecule has 0 heterocycles. The molecular weight excluding hydrogens is 272 g/mol. The van der Waals surface area contributed by atoms with Crippen LogP contribution in [0.4, 0.5) is 0 Å². The Morgan fingerprint density at radius 3 is 2.55 bits per heavy atom. The molecule has 1 aromatic rings. The molecule has 0 aliphatic rings. The van der Waals surface area contributed by atoms with Crippen molar-refractivity contribution < 1.29 is 8.42 Å². The first kappa shape index (κ1) is 17.1. The molecule has 1 rings (SSSR count). The Kier molecular flexibility index (Phi) is 7.19. The molecule has 114 valence electrons. The molecule has 0 bridgehead atoms. The topological polar surface area (TPSA) is 72.2 Å². The predicted octanol–water partition coefficient (Wildman–Crippen LogP) is 2.64. The Labute approximate surface area is 122 Å². The Morgan fingerprint density at radius 1 is 1.25 bits per heavy atom. The summed E-state index contributed by atoms with van der Waals surface area (Å²) in [5.74, 6) is 0.398. The molecule has 1 aromatic carbocycles. The summed E-state index contributed by atoms with van der Waals surface area (Å²) in [6.07, 6.45) is 4.33. The van der Waals surface area contributed by atoms with Gasteiger partial charge in [0.05, 0.1) is 4.90 Å².